The molecule has 164 valence electrons. The van der Waals surface area contributed by atoms with Gasteiger partial charge in [0.25, 0.3) is 0 Å². The van der Waals surface area contributed by atoms with Crippen LogP contribution in [0.5, 0.6) is 5.75 Å². The first-order valence-electron chi connectivity index (χ1n) is 11.5. The summed E-state index contributed by atoms with van der Waals surface area (Å²) in [4.78, 5) is 27.4. The number of rotatable bonds is 6. The number of fused-ring (bicyclic) bond motifs is 1. The van der Waals surface area contributed by atoms with Crippen LogP contribution in [-0.2, 0) is 14.3 Å². The zero-order valence-electron chi connectivity index (χ0n) is 17.9. The van der Waals surface area contributed by atoms with Gasteiger partial charge in [-0.25, -0.2) is 0 Å². The number of hydrogen-bond donors (Lipinski definition) is 1. The summed E-state index contributed by atoms with van der Waals surface area (Å²) >= 11 is 0. The van der Waals surface area contributed by atoms with E-state index in [0.717, 1.165) is 44.5 Å². The van der Waals surface area contributed by atoms with Crippen LogP contribution in [-0.4, -0.2) is 55.7 Å². The summed E-state index contributed by atoms with van der Waals surface area (Å²) in [6.07, 6.45) is 7.58. The van der Waals surface area contributed by atoms with Crippen LogP contribution in [0.15, 0.2) is 30.3 Å². The lowest BCUT2D eigenvalue weighted by Gasteiger charge is -2.33. The standard InChI is InChI=1S/C24H34N2O4/c1-29-24(28)21-15-17-7-5-6-10-20(17)23(21)25-22(27)16-26-13-11-19(12-14-26)30-18-8-3-2-4-9-18/h2-4,8-9,17,19-21,23H,5-7,10-16H2,1H3,(H,25,27). The molecule has 1 heterocycles. The molecular weight excluding hydrogens is 380 g/mol. The summed E-state index contributed by atoms with van der Waals surface area (Å²) in [6.45, 7) is 2.09. The van der Waals surface area contributed by atoms with Gasteiger partial charge >= 0.3 is 5.97 Å². The normalized spacial score (nSPS) is 29.8. The predicted molar refractivity (Wildman–Crippen MR) is 114 cm³/mol. The first kappa shape index (κ1) is 21.2. The van der Waals surface area contributed by atoms with Crippen molar-refractivity contribution in [3.8, 4) is 5.75 Å². The number of likely N-dealkylation sites (tertiary alicyclic amines) is 1. The minimum Gasteiger partial charge on any atom is -0.490 e. The number of ether oxygens (including phenoxy) is 2. The first-order chi connectivity index (χ1) is 14.6. The van der Waals surface area contributed by atoms with Gasteiger partial charge in [0, 0.05) is 19.1 Å². The molecule has 1 N–H and O–H groups in total. The monoisotopic (exact) mass is 414 g/mol. The molecule has 4 atom stereocenters. The van der Waals surface area contributed by atoms with Crippen molar-refractivity contribution in [3.05, 3.63) is 30.3 Å². The van der Waals surface area contributed by atoms with Crippen molar-refractivity contribution in [2.45, 2.75) is 57.1 Å². The number of nitrogens with one attached hydrogen (secondary N) is 1. The molecule has 1 saturated heterocycles. The Morgan fingerprint density at radius 3 is 2.53 bits per heavy atom. The number of nitrogens with zero attached hydrogens (tertiary/aromatic N) is 1. The minimum absolute atomic E-state index is 0.0301. The second-order valence-electron chi connectivity index (χ2n) is 9.07. The van der Waals surface area contributed by atoms with Crippen LogP contribution in [0.4, 0.5) is 0 Å². The SMILES string of the molecule is COC(=O)C1CC2CCCCC2C1NC(=O)CN1CCC(Oc2ccccc2)CC1. The van der Waals surface area contributed by atoms with E-state index < -0.39 is 0 Å². The van der Waals surface area contributed by atoms with Crippen molar-refractivity contribution in [1.29, 1.82) is 0 Å². The average molecular weight is 415 g/mol. The Bertz CT molecular complexity index is 717. The second-order valence-corrected chi connectivity index (χ2v) is 9.07. The molecule has 2 aliphatic carbocycles. The number of esters is 1. The highest BCUT2D eigenvalue weighted by Gasteiger charge is 2.48. The summed E-state index contributed by atoms with van der Waals surface area (Å²) in [5.41, 5.74) is 0. The molecule has 1 aromatic rings. The summed E-state index contributed by atoms with van der Waals surface area (Å²) in [5.74, 6) is 1.52. The molecule has 1 aromatic carbocycles. The smallest absolute Gasteiger partial charge is 0.310 e. The van der Waals surface area contributed by atoms with Gasteiger partial charge in [-0.3, -0.25) is 14.5 Å². The van der Waals surface area contributed by atoms with Crippen molar-refractivity contribution in [1.82, 2.24) is 10.2 Å². The molecule has 3 aliphatic rings. The van der Waals surface area contributed by atoms with Gasteiger partial charge in [0.2, 0.25) is 5.91 Å². The van der Waals surface area contributed by atoms with Crippen LogP contribution in [0, 0.1) is 17.8 Å². The first-order valence-corrected chi connectivity index (χ1v) is 11.5. The molecule has 0 spiro atoms. The van der Waals surface area contributed by atoms with E-state index in [1.165, 1.54) is 26.4 Å². The fraction of sp³-hybridized carbons (Fsp3) is 0.667. The third-order valence-electron chi connectivity index (χ3n) is 7.20. The molecule has 1 amide bonds. The van der Waals surface area contributed by atoms with Gasteiger partial charge in [-0.15, -0.1) is 0 Å². The van der Waals surface area contributed by atoms with Crippen molar-refractivity contribution < 1.29 is 19.1 Å². The largest absolute Gasteiger partial charge is 0.490 e. The van der Waals surface area contributed by atoms with E-state index in [2.05, 4.69) is 10.2 Å². The van der Waals surface area contributed by atoms with Crippen molar-refractivity contribution in [3.63, 3.8) is 0 Å². The molecule has 6 heteroatoms. The highest BCUT2D eigenvalue weighted by molar-refractivity contribution is 5.80. The summed E-state index contributed by atoms with van der Waals surface area (Å²) in [7, 11) is 1.45. The van der Waals surface area contributed by atoms with Crippen LogP contribution in [0.2, 0.25) is 0 Å². The van der Waals surface area contributed by atoms with E-state index in [-0.39, 0.29) is 29.9 Å². The number of carbonyl (C=O) groups is 2. The number of carbonyl (C=O) groups excluding carboxylic acids is 2. The van der Waals surface area contributed by atoms with Crippen molar-refractivity contribution in [2.24, 2.45) is 17.8 Å². The summed E-state index contributed by atoms with van der Waals surface area (Å²) < 4.78 is 11.1. The molecular formula is C24H34N2O4. The maximum atomic E-state index is 12.8. The van der Waals surface area contributed by atoms with Gasteiger partial charge in [-0.05, 0) is 49.7 Å². The van der Waals surface area contributed by atoms with E-state index in [4.69, 9.17) is 9.47 Å². The summed E-state index contributed by atoms with van der Waals surface area (Å²) in [6, 6.07) is 9.84. The minimum atomic E-state index is -0.197. The Hall–Kier alpha value is -2.08. The van der Waals surface area contributed by atoms with Crippen LogP contribution in [0.1, 0.15) is 44.9 Å². The Labute approximate surface area is 179 Å². The fourth-order valence-corrected chi connectivity index (χ4v) is 5.69. The molecule has 0 radical (unpaired) electrons. The Kier molecular flexibility index (Phi) is 6.93. The second kappa shape index (κ2) is 9.82. The molecule has 1 aliphatic heterocycles. The maximum Gasteiger partial charge on any atom is 0.310 e. The highest BCUT2D eigenvalue weighted by Crippen LogP contribution is 2.45. The third kappa shape index (κ3) is 4.97. The number of hydrogen-bond acceptors (Lipinski definition) is 5. The molecule has 6 nitrogen and oxygen atoms in total. The molecule has 4 unspecified atom stereocenters. The van der Waals surface area contributed by atoms with Crippen molar-refractivity contribution >= 4 is 11.9 Å². The van der Waals surface area contributed by atoms with Gasteiger partial charge < -0.3 is 14.8 Å². The van der Waals surface area contributed by atoms with Gasteiger partial charge in [0.05, 0.1) is 19.6 Å². The Morgan fingerprint density at radius 2 is 1.80 bits per heavy atom. The lowest BCUT2D eigenvalue weighted by Crippen LogP contribution is -2.50. The molecule has 0 aromatic heterocycles. The number of amides is 1. The average Bonchev–Trinajstić information content (AvgIpc) is 3.13. The third-order valence-corrected chi connectivity index (χ3v) is 7.20. The van der Waals surface area contributed by atoms with Crippen molar-refractivity contribution in [2.75, 3.05) is 26.7 Å². The highest BCUT2D eigenvalue weighted by atomic mass is 16.5. The van der Waals surface area contributed by atoms with E-state index in [9.17, 15) is 9.59 Å². The predicted octanol–water partition coefficient (Wildman–Crippen LogP) is 3.01. The fourth-order valence-electron chi connectivity index (χ4n) is 5.69. The number of para-hydroxylation sites is 1. The molecule has 0 bridgehead atoms. The quantitative estimate of drug-likeness (QED) is 0.725. The summed E-state index contributed by atoms with van der Waals surface area (Å²) in [5, 5.41) is 3.23. The van der Waals surface area contributed by atoms with Gasteiger partial charge in [0.1, 0.15) is 11.9 Å². The molecule has 3 fully saturated rings. The number of methoxy groups -OCH3 is 1. The Morgan fingerprint density at radius 1 is 1.07 bits per heavy atom. The van der Waals surface area contributed by atoms with Crippen LogP contribution in [0.25, 0.3) is 0 Å². The number of piperidine rings is 1. The van der Waals surface area contributed by atoms with Gasteiger partial charge in [0.15, 0.2) is 0 Å². The molecule has 4 rings (SSSR count). The molecule has 2 saturated carbocycles. The number of benzene rings is 1. The van der Waals surface area contributed by atoms with E-state index >= 15 is 0 Å². The van der Waals surface area contributed by atoms with Crippen LogP contribution < -0.4 is 10.1 Å². The Balaban J connectivity index is 1.27. The zero-order chi connectivity index (χ0) is 20.9. The lowest BCUT2D eigenvalue weighted by atomic mass is 9.80. The van der Waals surface area contributed by atoms with E-state index in [0.29, 0.717) is 18.4 Å². The van der Waals surface area contributed by atoms with E-state index in [1.54, 1.807) is 0 Å². The van der Waals surface area contributed by atoms with Crippen LogP contribution >= 0.6 is 0 Å². The maximum absolute atomic E-state index is 12.8. The van der Waals surface area contributed by atoms with Crippen LogP contribution in [0.3, 0.4) is 0 Å². The van der Waals surface area contributed by atoms with Gasteiger partial charge in [-0.2, -0.15) is 0 Å². The zero-order valence-corrected chi connectivity index (χ0v) is 17.9. The van der Waals surface area contributed by atoms with Gasteiger partial charge in [-0.1, -0.05) is 37.5 Å². The molecule has 30 heavy (non-hydrogen) atoms. The topological polar surface area (TPSA) is 67.9 Å². The van der Waals surface area contributed by atoms with E-state index in [1.807, 2.05) is 30.3 Å². The lowest BCUT2D eigenvalue weighted by molar-refractivity contribution is -0.146.